The van der Waals surface area contributed by atoms with Crippen LogP contribution in [-0.2, 0) is 4.74 Å². The molecule has 1 unspecified atom stereocenters. The largest absolute Gasteiger partial charge is 0.486 e. The summed E-state index contributed by atoms with van der Waals surface area (Å²) in [7, 11) is 0. The number of nitrogens with one attached hydrogen (secondary N) is 1. The second kappa shape index (κ2) is 8.03. The SMILES string of the molecule is Cc1cc(OC(C)c2ccccc2)ccc1NC(=O)N1CCOCC1. The summed E-state index contributed by atoms with van der Waals surface area (Å²) < 4.78 is 11.3. The standard InChI is InChI=1S/C20H24N2O3/c1-15-14-18(25-16(2)17-6-4-3-5-7-17)8-9-19(15)21-20(23)22-10-12-24-13-11-22/h3-9,14,16H,10-13H2,1-2H3,(H,21,23). The number of hydrogen-bond acceptors (Lipinski definition) is 3. The molecule has 2 aromatic carbocycles. The summed E-state index contributed by atoms with van der Waals surface area (Å²) in [5.74, 6) is 0.790. The van der Waals surface area contributed by atoms with E-state index in [9.17, 15) is 4.79 Å². The van der Waals surface area contributed by atoms with Crippen molar-refractivity contribution in [2.75, 3.05) is 31.6 Å². The van der Waals surface area contributed by atoms with E-state index in [1.54, 1.807) is 4.90 Å². The molecule has 1 atom stereocenters. The zero-order valence-corrected chi connectivity index (χ0v) is 14.7. The molecule has 1 fully saturated rings. The molecule has 0 bridgehead atoms. The Labute approximate surface area is 148 Å². The summed E-state index contributed by atoms with van der Waals surface area (Å²) in [6, 6.07) is 15.7. The third-order valence-electron chi connectivity index (χ3n) is 4.32. The van der Waals surface area contributed by atoms with E-state index in [-0.39, 0.29) is 12.1 Å². The Morgan fingerprint density at radius 3 is 2.56 bits per heavy atom. The number of rotatable bonds is 4. The van der Waals surface area contributed by atoms with E-state index in [2.05, 4.69) is 17.4 Å². The molecule has 1 heterocycles. The average Bonchev–Trinajstić information content (AvgIpc) is 2.65. The molecular formula is C20H24N2O3. The summed E-state index contributed by atoms with van der Waals surface area (Å²) in [5.41, 5.74) is 2.90. The zero-order chi connectivity index (χ0) is 17.6. The molecule has 2 aromatic rings. The molecular weight excluding hydrogens is 316 g/mol. The van der Waals surface area contributed by atoms with Crippen molar-refractivity contribution < 1.29 is 14.3 Å². The maximum absolute atomic E-state index is 12.3. The van der Waals surface area contributed by atoms with Gasteiger partial charge in [-0.3, -0.25) is 0 Å². The first kappa shape index (κ1) is 17.3. The van der Waals surface area contributed by atoms with E-state index in [4.69, 9.17) is 9.47 Å². The van der Waals surface area contributed by atoms with Gasteiger partial charge in [-0.05, 0) is 43.2 Å². The third kappa shape index (κ3) is 4.51. The predicted molar refractivity (Wildman–Crippen MR) is 98.1 cm³/mol. The number of carbonyl (C=O) groups is 1. The molecule has 1 aliphatic heterocycles. The van der Waals surface area contributed by atoms with Crippen LogP contribution < -0.4 is 10.1 Å². The Balaban J connectivity index is 1.63. The van der Waals surface area contributed by atoms with Gasteiger partial charge in [0, 0.05) is 18.8 Å². The fourth-order valence-corrected chi connectivity index (χ4v) is 2.81. The van der Waals surface area contributed by atoms with E-state index in [0.717, 1.165) is 22.6 Å². The number of ether oxygens (including phenoxy) is 2. The lowest BCUT2D eigenvalue weighted by Gasteiger charge is -2.27. The lowest BCUT2D eigenvalue weighted by molar-refractivity contribution is 0.0564. The molecule has 5 heteroatoms. The van der Waals surface area contributed by atoms with Gasteiger partial charge >= 0.3 is 6.03 Å². The lowest BCUT2D eigenvalue weighted by atomic mass is 10.1. The first-order valence-electron chi connectivity index (χ1n) is 8.59. The van der Waals surface area contributed by atoms with E-state index >= 15 is 0 Å². The second-order valence-corrected chi connectivity index (χ2v) is 6.18. The smallest absolute Gasteiger partial charge is 0.322 e. The Bertz CT molecular complexity index is 712. The van der Waals surface area contributed by atoms with Crippen molar-refractivity contribution in [1.82, 2.24) is 4.90 Å². The average molecular weight is 340 g/mol. The van der Waals surface area contributed by atoms with Gasteiger partial charge in [0.1, 0.15) is 11.9 Å². The highest BCUT2D eigenvalue weighted by atomic mass is 16.5. The summed E-state index contributed by atoms with van der Waals surface area (Å²) in [5, 5.41) is 2.97. The van der Waals surface area contributed by atoms with Crippen molar-refractivity contribution in [3.05, 3.63) is 59.7 Å². The van der Waals surface area contributed by atoms with Crippen LogP contribution in [0, 0.1) is 6.92 Å². The van der Waals surface area contributed by atoms with Crippen LogP contribution in [-0.4, -0.2) is 37.2 Å². The van der Waals surface area contributed by atoms with Crippen LogP contribution in [0.4, 0.5) is 10.5 Å². The van der Waals surface area contributed by atoms with Crippen molar-refractivity contribution in [2.45, 2.75) is 20.0 Å². The van der Waals surface area contributed by atoms with Gasteiger partial charge in [0.15, 0.2) is 0 Å². The maximum Gasteiger partial charge on any atom is 0.322 e. The Morgan fingerprint density at radius 1 is 1.16 bits per heavy atom. The number of aryl methyl sites for hydroxylation is 1. The van der Waals surface area contributed by atoms with E-state index in [1.807, 2.05) is 50.2 Å². The van der Waals surface area contributed by atoms with Gasteiger partial charge in [0.05, 0.1) is 13.2 Å². The molecule has 0 aliphatic carbocycles. The number of amides is 2. The molecule has 1 N–H and O–H groups in total. The first-order valence-corrected chi connectivity index (χ1v) is 8.59. The Hall–Kier alpha value is -2.53. The molecule has 3 rings (SSSR count). The third-order valence-corrected chi connectivity index (χ3v) is 4.32. The fraction of sp³-hybridized carbons (Fsp3) is 0.350. The van der Waals surface area contributed by atoms with Crippen molar-refractivity contribution in [3.63, 3.8) is 0 Å². The summed E-state index contributed by atoms with van der Waals surface area (Å²) in [6.45, 7) is 6.43. The Morgan fingerprint density at radius 2 is 1.88 bits per heavy atom. The number of hydrogen-bond donors (Lipinski definition) is 1. The summed E-state index contributed by atoms with van der Waals surface area (Å²) in [6.07, 6.45) is -0.0330. The molecule has 25 heavy (non-hydrogen) atoms. The first-order chi connectivity index (χ1) is 12.1. The number of anilines is 1. The molecule has 0 aromatic heterocycles. The predicted octanol–water partition coefficient (Wildman–Crippen LogP) is 4.00. The van der Waals surface area contributed by atoms with Crippen molar-refractivity contribution in [2.24, 2.45) is 0 Å². The molecule has 5 nitrogen and oxygen atoms in total. The van der Waals surface area contributed by atoms with Crippen LogP contribution in [0.25, 0.3) is 0 Å². The van der Waals surface area contributed by atoms with Crippen LogP contribution in [0.3, 0.4) is 0 Å². The molecule has 0 radical (unpaired) electrons. The van der Waals surface area contributed by atoms with Crippen molar-refractivity contribution in [3.8, 4) is 5.75 Å². The summed E-state index contributed by atoms with van der Waals surface area (Å²) in [4.78, 5) is 14.1. The zero-order valence-electron chi connectivity index (χ0n) is 14.7. The van der Waals surface area contributed by atoms with Gasteiger partial charge in [0.2, 0.25) is 0 Å². The van der Waals surface area contributed by atoms with Crippen LogP contribution in [0.15, 0.2) is 48.5 Å². The topological polar surface area (TPSA) is 50.8 Å². The molecule has 132 valence electrons. The van der Waals surface area contributed by atoms with Gasteiger partial charge in [-0.15, -0.1) is 0 Å². The monoisotopic (exact) mass is 340 g/mol. The van der Waals surface area contributed by atoms with Gasteiger partial charge in [-0.2, -0.15) is 0 Å². The van der Waals surface area contributed by atoms with Gasteiger partial charge < -0.3 is 19.7 Å². The van der Waals surface area contributed by atoms with E-state index in [1.165, 1.54) is 0 Å². The minimum absolute atomic E-state index is 0.0330. The molecule has 0 spiro atoms. The van der Waals surface area contributed by atoms with E-state index in [0.29, 0.717) is 26.3 Å². The minimum Gasteiger partial charge on any atom is -0.486 e. The summed E-state index contributed by atoms with van der Waals surface area (Å²) >= 11 is 0. The van der Waals surface area contributed by atoms with Crippen molar-refractivity contribution >= 4 is 11.7 Å². The Kier molecular flexibility index (Phi) is 5.56. The number of benzene rings is 2. The number of morpholine rings is 1. The lowest BCUT2D eigenvalue weighted by Crippen LogP contribution is -2.43. The van der Waals surface area contributed by atoms with Gasteiger partial charge in [0.25, 0.3) is 0 Å². The molecule has 1 aliphatic rings. The van der Waals surface area contributed by atoms with E-state index < -0.39 is 0 Å². The molecule has 2 amide bonds. The number of urea groups is 1. The van der Waals surface area contributed by atoms with Crippen molar-refractivity contribution in [1.29, 1.82) is 0 Å². The minimum atomic E-state index is -0.0854. The highest BCUT2D eigenvalue weighted by Gasteiger charge is 2.17. The van der Waals surface area contributed by atoms with Crippen LogP contribution in [0.1, 0.15) is 24.2 Å². The number of nitrogens with zero attached hydrogens (tertiary/aromatic N) is 1. The van der Waals surface area contributed by atoms with Crippen LogP contribution >= 0.6 is 0 Å². The normalized spacial score (nSPS) is 15.5. The molecule has 1 saturated heterocycles. The highest BCUT2D eigenvalue weighted by molar-refractivity contribution is 5.90. The highest BCUT2D eigenvalue weighted by Crippen LogP contribution is 2.26. The fourth-order valence-electron chi connectivity index (χ4n) is 2.81. The van der Waals surface area contributed by atoms with Crippen LogP contribution in [0.2, 0.25) is 0 Å². The van der Waals surface area contributed by atoms with Gasteiger partial charge in [-0.1, -0.05) is 30.3 Å². The maximum atomic E-state index is 12.3. The number of carbonyl (C=O) groups excluding carboxylic acids is 1. The quantitative estimate of drug-likeness (QED) is 0.915. The van der Waals surface area contributed by atoms with Crippen LogP contribution in [0.5, 0.6) is 5.75 Å². The van der Waals surface area contributed by atoms with Gasteiger partial charge in [-0.25, -0.2) is 4.79 Å². The molecule has 0 saturated carbocycles. The second-order valence-electron chi connectivity index (χ2n) is 6.18.